The van der Waals surface area contributed by atoms with Crippen molar-refractivity contribution in [2.75, 3.05) is 39.8 Å². The smallest absolute Gasteiger partial charge is 0.410 e. The molecule has 134 valence electrons. The maximum atomic E-state index is 12.3. The zero-order chi connectivity index (χ0) is 17.1. The molecule has 0 aromatic heterocycles. The quantitative estimate of drug-likeness (QED) is 0.863. The van der Waals surface area contributed by atoms with E-state index < -0.39 is 5.60 Å². The molecule has 5 heteroatoms. The van der Waals surface area contributed by atoms with Gasteiger partial charge in [-0.25, -0.2) is 4.79 Å². The van der Waals surface area contributed by atoms with Crippen molar-refractivity contribution in [2.45, 2.75) is 65.0 Å². The zero-order valence-corrected chi connectivity index (χ0v) is 15.7. The molecule has 0 aromatic carbocycles. The van der Waals surface area contributed by atoms with Gasteiger partial charge in [0.05, 0.1) is 0 Å². The fourth-order valence-corrected chi connectivity index (χ4v) is 3.48. The number of nitrogens with zero attached hydrogens (tertiary/aromatic N) is 2. The van der Waals surface area contributed by atoms with Crippen LogP contribution in [0.1, 0.15) is 53.4 Å². The largest absolute Gasteiger partial charge is 0.444 e. The summed E-state index contributed by atoms with van der Waals surface area (Å²) in [5.74, 6) is 0. The van der Waals surface area contributed by atoms with Gasteiger partial charge in [-0.05, 0) is 72.0 Å². The van der Waals surface area contributed by atoms with E-state index in [0.717, 1.165) is 32.5 Å². The van der Waals surface area contributed by atoms with E-state index in [2.05, 4.69) is 24.2 Å². The van der Waals surface area contributed by atoms with Gasteiger partial charge in [-0.1, -0.05) is 6.92 Å². The van der Waals surface area contributed by atoms with Gasteiger partial charge in [0.15, 0.2) is 0 Å². The number of carbonyl (C=O) groups is 1. The molecule has 2 rings (SSSR count). The summed E-state index contributed by atoms with van der Waals surface area (Å²) in [6.07, 6.45) is 4.49. The highest BCUT2D eigenvalue weighted by atomic mass is 16.6. The highest BCUT2D eigenvalue weighted by molar-refractivity contribution is 5.69. The number of amides is 1. The number of hydrogen-bond acceptors (Lipinski definition) is 4. The predicted octanol–water partition coefficient (Wildman–Crippen LogP) is 2.71. The first-order chi connectivity index (χ1) is 10.7. The Labute approximate surface area is 141 Å². The third kappa shape index (κ3) is 5.64. The van der Waals surface area contributed by atoms with E-state index in [-0.39, 0.29) is 12.1 Å². The van der Waals surface area contributed by atoms with Crippen molar-refractivity contribution in [3.05, 3.63) is 0 Å². The molecule has 2 heterocycles. The summed E-state index contributed by atoms with van der Waals surface area (Å²) in [7, 11) is 2.20. The first kappa shape index (κ1) is 18.5. The molecule has 2 aliphatic heterocycles. The van der Waals surface area contributed by atoms with Crippen LogP contribution in [0.15, 0.2) is 0 Å². The number of rotatable bonds is 4. The lowest BCUT2D eigenvalue weighted by molar-refractivity contribution is 0.0223. The Balaban J connectivity index is 1.77. The number of nitrogens with one attached hydrogen (secondary N) is 1. The summed E-state index contributed by atoms with van der Waals surface area (Å²) in [5.41, 5.74) is -0.0267. The van der Waals surface area contributed by atoms with Crippen molar-refractivity contribution in [2.24, 2.45) is 5.41 Å². The maximum absolute atomic E-state index is 12.3. The Hall–Kier alpha value is -0.810. The fraction of sp³-hybridized carbons (Fsp3) is 0.944. The molecule has 2 aliphatic rings. The summed E-state index contributed by atoms with van der Waals surface area (Å²) < 4.78 is 5.53. The van der Waals surface area contributed by atoms with Crippen molar-refractivity contribution in [1.29, 1.82) is 0 Å². The second kappa shape index (κ2) is 7.39. The van der Waals surface area contributed by atoms with E-state index in [0.29, 0.717) is 5.41 Å². The minimum Gasteiger partial charge on any atom is -0.444 e. The van der Waals surface area contributed by atoms with Crippen LogP contribution in [0.4, 0.5) is 4.79 Å². The highest BCUT2D eigenvalue weighted by Gasteiger charge is 2.33. The lowest BCUT2D eigenvalue weighted by Crippen LogP contribution is -2.47. The van der Waals surface area contributed by atoms with Gasteiger partial charge in [0.25, 0.3) is 0 Å². The summed E-state index contributed by atoms with van der Waals surface area (Å²) in [6, 6.07) is 0.278. The van der Waals surface area contributed by atoms with Gasteiger partial charge < -0.3 is 19.9 Å². The molecule has 23 heavy (non-hydrogen) atoms. The molecule has 2 fully saturated rings. The zero-order valence-electron chi connectivity index (χ0n) is 15.7. The van der Waals surface area contributed by atoms with Gasteiger partial charge in [-0.15, -0.1) is 0 Å². The standard InChI is InChI=1S/C18H35N3O2/c1-17(2,3)23-16(22)21-10-6-7-15(21)13-19-14-18(4)8-11-20(5)12-9-18/h15,19H,6-14H2,1-5H3. The fourth-order valence-electron chi connectivity index (χ4n) is 3.48. The van der Waals surface area contributed by atoms with Gasteiger partial charge in [0.2, 0.25) is 0 Å². The van der Waals surface area contributed by atoms with E-state index in [1.807, 2.05) is 25.7 Å². The average molecular weight is 325 g/mol. The molecule has 0 saturated carbocycles. The van der Waals surface area contributed by atoms with Crippen LogP contribution in [-0.2, 0) is 4.74 Å². The number of piperidine rings is 1. The highest BCUT2D eigenvalue weighted by Crippen LogP contribution is 2.29. The molecule has 0 aliphatic carbocycles. The van der Waals surface area contributed by atoms with E-state index in [1.54, 1.807) is 0 Å². The van der Waals surface area contributed by atoms with Crippen LogP contribution < -0.4 is 5.32 Å². The molecule has 0 radical (unpaired) electrons. The van der Waals surface area contributed by atoms with Crippen LogP contribution in [0, 0.1) is 5.41 Å². The molecular weight excluding hydrogens is 290 g/mol. The SMILES string of the molecule is CN1CCC(C)(CNCC2CCCN2C(=O)OC(C)(C)C)CC1. The number of ether oxygens (including phenoxy) is 1. The van der Waals surface area contributed by atoms with Crippen LogP contribution in [0.5, 0.6) is 0 Å². The molecule has 1 N–H and O–H groups in total. The van der Waals surface area contributed by atoms with Gasteiger partial charge >= 0.3 is 6.09 Å². The van der Waals surface area contributed by atoms with Gasteiger partial charge in [0.1, 0.15) is 5.60 Å². The van der Waals surface area contributed by atoms with Crippen molar-refractivity contribution in [3.63, 3.8) is 0 Å². The van der Waals surface area contributed by atoms with E-state index in [4.69, 9.17) is 4.74 Å². The Morgan fingerprint density at radius 2 is 1.91 bits per heavy atom. The predicted molar refractivity (Wildman–Crippen MR) is 93.7 cm³/mol. The summed E-state index contributed by atoms with van der Waals surface area (Å²) in [4.78, 5) is 16.6. The lowest BCUT2D eigenvalue weighted by atomic mass is 9.80. The Morgan fingerprint density at radius 3 is 2.52 bits per heavy atom. The second-order valence-electron chi connectivity index (χ2n) is 8.71. The van der Waals surface area contributed by atoms with Crippen molar-refractivity contribution < 1.29 is 9.53 Å². The molecule has 1 atom stereocenters. The number of likely N-dealkylation sites (tertiary alicyclic amines) is 2. The minimum absolute atomic E-state index is 0.160. The van der Waals surface area contributed by atoms with Gasteiger partial charge in [0, 0.05) is 25.7 Å². The van der Waals surface area contributed by atoms with Crippen LogP contribution in [0.3, 0.4) is 0 Å². The Morgan fingerprint density at radius 1 is 1.26 bits per heavy atom. The number of carbonyl (C=O) groups excluding carboxylic acids is 1. The molecule has 1 unspecified atom stereocenters. The van der Waals surface area contributed by atoms with Crippen molar-refractivity contribution >= 4 is 6.09 Å². The van der Waals surface area contributed by atoms with E-state index in [1.165, 1.54) is 25.9 Å². The third-order valence-electron chi connectivity index (χ3n) is 5.13. The molecule has 1 amide bonds. The summed E-state index contributed by atoms with van der Waals surface area (Å²) in [6.45, 7) is 13.3. The minimum atomic E-state index is -0.417. The molecule has 5 nitrogen and oxygen atoms in total. The van der Waals surface area contributed by atoms with Crippen molar-refractivity contribution in [3.8, 4) is 0 Å². The molecule has 0 bridgehead atoms. The summed E-state index contributed by atoms with van der Waals surface area (Å²) >= 11 is 0. The van der Waals surface area contributed by atoms with Crippen LogP contribution >= 0.6 is 0 Å². The lowest BCUT2D eigenvalue weighted by Gasteiger charge is -2.38. The molecular formula is C18H35N3O2. The van der Waals surface area contributed by atoms with E-state index >= 15 is 0 Å². The monoisotopic (exact) mass is 325 g/mol. The summed E-state index contributed by atoms with van der Waals surface area (Å²) in [5, 5.41) is 3.63. The van der Waals surface area contributed by atoms with Crippen LogP contribution in [0.2, 0.25) is 0 Å². The van der Waals surface area contributed by atoms with Crippen LogP contribution in [0.25, 0.3) is 0 Å². The van der Waals surface area contributed by atoms with Crippen LogP contribution in [-0.4, -0.2) is 67.3 Å². The van der Waals surface area contributed by atoms with Gasteiger partial charge in [-0.3, -0.25) is 0 Å². The second-order valence-corrected chi connectivity index (χ2v) is 8.71. The Bertz CT molecular complexity index is 398. The average Bonchev–Trinajstić information content (AvgIpc) is 2.89. The molecule has 2 saturated heterocycles. The number of hydrogen-bond donors (Lipinski definition) is 1. The van der Waals surface area contributed by atoms with Gasteiger partial charge in [-0.2, -0.15) is 0 Å². The maximum Gasteiger partial charge on any atom is 0.410 e. The normalized spacial score (nSPS) is 25.6. The van der Waals surface area contributed by atoms with Crippen molar-refractivity contribution in [1.82, 2.24) is 15.1 Å². The third-order valence-corrected chi connectivity index (χ3v) is 5.13. The molecule has 0 aromatic rings. The first-order valence-electron chi connectivity index (χ1n) is 9.07. The topological polar surface area (TPSA) is 44.8 Å². The Kier molecular flexibility index (Phi) is 5.95. The molecule has 0 spiro atoms. The first-order valence-corrected chi connectivity index (χ1v) is 9.07. The van der Waals surface area contributed by atoms with E-state index in [9.17, 15) is 4.79 Å².